The first-order chi connectivity index (χ1) is 15.7. The molecule has 1 fully saturated rings. The van der Waals surface area contributed by atoms with Gasteiger partial charge in [0.25, 0.3) is 0 Å². The second-order valence-corrected chi connectivity index (χ2v) is 10.4. The standard InChI is InChI=1S/C21H22N4O6S2/c1-30-13-4-7-17(31-2)16(10-13)25-9-8-24(21(25)27)12-19(26)23-20-22-15-6-5-14(33(3,28)29)11-18(15)32-20/h4-7,10-11H,8-9,12H2,1-3H3,(H,22,23,26). The lowest BCUT2D eigenvalue weighted by atomic mass is 10.2. The van der Waals surface area contributed by atoms with Gasteiger partial charge in [-0.1, -0.05) is 11.3 Å². The number of anilines is 2. The quantitative estimate of drug-likeness (QED) is 0.541. The summed E-state index contributed by atoms with van der Waals surface area (Å²) >= 11 is 1.17. The van der Waals surface area contributed by atoms with Crippen LogP contribution in [0.3, 0.4) is 0 Å². The van der Waals surface area contributed by atoms with E-state index in [1.165, 1.54) is 42.6 Å². The van der Waals surface area contributed by atoms with Gasteiger partial charge in [-0.05, 0) is 30.3 Å². The molecule has 1 saturated heterocycles. The minimum absolute atomic E-state index is 0.147. The summed E-state index contributed by atoms with van der Waals surface area (Å²) in [7, 11) is -0.280. The van der Waals surface area contributed by atoms with Crippen LogP contribution in [-0.4, -0.2) is 70.3 Å². The first-order valence-electron chi connectivity index (χ1n) is 9.88. The Morgan fingerprint density at radius 3 is 2.64 bits per heavy atom. The first kappa shape index (κ1) is 22.8. The molecule has 1 N–H and O–H groups in total. The zero-order valence-electron chi connectivity index (χ0n) is 18.2. The summed E-state index contributed by atoms with van der Waals surface area (Å²) in [4.78, 5) is 33.0. The predicted molar refractivity (Wildman–Crippen MR) is 125 cm³/mol. The Morgan fingerprint density at radius 2 is 1.94 bits per heavy atom. The van der Waals surface area contributed by atoms with Gasteiger partial charge in [-0.2, -0.15) is 0 Å². The molecule has 0 unspecified atom stereocenters. The molecule has 0 bridgehead atoms. The highest BCUT2D eigenvalue weighted by atomic mass is 32.2. The SMILES string of the molecule is COc1ccc(OC)c(N2CCN(CC(=O)Nc3nc4ccc(S(C)(=O)=O)cc4s3)C2=O)c1. The fourth-order valence-corrected chi connectivity index (χ4v) is 5.12. The molecule has 1 aromatic heterocycles. The average Bonchev–Trinajstić information content (AvgIpc) is 3.34. The molecule has 174 valence electrons. The Bertz CT molecular complexity index is 1340. The molecule has 10 nitrogen and oxygen atoms in total. The second-order valence-electron chi connectivity index (χ2n) is 7.36. The van der Waals surface area contributed by atoms with Crippen molar-refractivity contribution in [3.8, 4) is 11.5 Å². The maximum atomic E-state index is 12.9. The maximum Gasteiger partial charge on any atom is 0.325 e. The topological polar surface area (TPSA) is 118 Å². The zero-order valence-corrected chi connectivity index (χ0v) is 19.8. The molecule has 2 heterocycles. The molecule has 0 saturated carbocycles. The normalized spacial score (nSPS) is 14.1. The van der Waals surface area contributed by atoms with E-state index in [0.29, 0.717) is 45.6 Å². The number of fused-ring (bicyclic) bond motifs is 1. The number of nitrogens with one attached hydrogen (secondary N) is 1. The van der Waals surface area contributed by atoms with E-state index in [1.54, 1.807) is 29.2 Å². The van der Waals surface area contributed by atoms with Crippen LogP contribution in [0.4, 0.5) is 15.6 Å². The minimum atomic E-state index is -3.34. The van der Waals surface area contributed by atoms with Crippen LogP contribution >= 0.6 is 11.3 Å². The summed E-state index contributed by atoms with van der Waals surface area (Å²) in [6.07, 6.45) is 1.13. The molecule has 3 amide bonds. The van der Waals surface area contributed by atoms with Gasteiger partial charge >= 0.3 is 6.03 Å². The maximum absolute atomic E-state index is 12.9. The lowest BCUT2D eigenvalue weighted by Gasteiger charge is -2.20. The summed E-state index contributed by atoms with van der Waals surface area (Å²) in [5, 5.41) is 3.03. The number of thiazole rings is 1. The summed E-state index contributed by atoms with van der Waals surface area (Å²) in [5.74, 6) is 0.716. The van der Waals surface area contributed by atoms with Gasteiger partial charge in [0.1, 0.15) is 18.0 Å². The minimum Gasteiger partial charge on any atom is -0.497 e. The molecular formula is C21H22N4O6S2. The van der Waals surface area contributed by atoms with Crippen LogP contribution < -0.4 is 19.7 Å². The number of carbonyl (C=O) groups excluding carboxylic acids is 2. The molecule has 1 aliphatic rings. The van der Waals surface area contributed by atoms with Crippen LogP contribution in [0, 0.1) is 0 Å². The van der Waals surface area contributed by atoms with Crippen LogP contribution in [-0.2, 0) is 14.6 Å². The highest BCUT2D eigenvalue weighted by Crippen LogP contribution is 2.34. The van der Waals surface area contributed by atoms with Crippen molar-refractivity contribution in [3.63, 3.8) is 0 Å². The Labute approximate surface area is 194 Å². The highest BCUT2D eigenvalue weighted by Gasteiger charge is 2.33. The van der Waals surface area contributed by atoms with Crippen molar-refractivity contribution >= 4 is 54.1 Å². The molecule has 2 aromatic carbocycles. The molecule has 12 heteroatoms. The molecule has 0 atom stereocenters. The number of ether oxygens (including phenoxy) is 2. The van der Waals surface area contributed by atoms with Crippen LogP contribution in [0.15, 0.2) is 41.3 Å². The van der Waals surface area contributed by atoms with Gasteiger partial charge in [0, 0.05) is 25.4 Å². The zero-order chi connectivity index (χ0) is 23.8. The second kappa shape index (κ2) is 8.87. The van der Waals surface area contributed by atoms with Crippen molar-refractivity contribution < 1.29 is 27.5 Å². The monoisotopic (exact) mass is 490 g/mol. The van der Waals surface area contributed by atoms with Crippen molar-refractivity contribution in [1.82, 2.24) is 9.88 Å². The van der Waals surface area contributed by atoms with Crippen molar-refractivity contribution in [1.29, 1.82) is 0 Å². The number of benzene rings is 2. The number of methoxy groups -OCH3 is 2. The number of hydrogen-bond acceptors (Lipinski definition) is 8. The van der Waals surface area contributed by atoms with Gasteiger partial charge < -0.3 is 19.7 Å². The average molecular weight is 491 g/mol. The number of aromatic nitrogens is 1. The van der Waals surface area contributed by atoms with Crippen molar-refractivity contribution in [2.24, 2.45) is 0 Å². The van der Waals surface area contributed by atoms with E-state index in [2.05, 4.69) is 10.3 Å². The van der Waals surface area contributed by atoms with E-state index in [1.807, 2.05) is 0 Å². The Hall–Kier alpha value is -3.38. The van der Waals surface area contributed by atoms with E-state index < -0.39 is 15.7 Å². The number of hydrogen-bond donors (Lipinski definition) is 1. The molecule has 4 rings (SSSR count). The van der Waals surface area contributed by atoms with Crippen molar-refractivity contribution in [2.75, 3.05) is 50.3 Å². The van der Waals surface area contributed by atoms with Gasteiger partial charge in [-0.25, -0.2) is 18.2 Å². The number of urea groups is 1. The molecular weight excluding hydrogens is 468 g/mol. The predicted octanol–water partition coefficient (Wildman–Crippen LogP) is 2.60. The van der Waals surface area contributed by atoms with E-state index in [9.17, 15) is 18.0 Å². The third-order valence-electron chi connectivity index (χ3n) is 5.14. The Balaban J connectivity index is 1.45. The number of rotatable bonds is 7. The van der Waals surface area contributed by atoms with Crippen LogP contribution in [0.2, 0.25) is 0 Å². The fraction of sp³-hybridized carbons (Fsp3) is 0.286. The molecule has 0 radical (unpaired) electrons. The lowest BCUT2D eigenvalue weighted by molar-refractivity contribution is -0.116. The van der Waals surface area contributed by atoms with Crippen LogP contribution in [0.25, 0.3) is 10.2 Å². The molecule has 33 heavy (non-hydrogen) atoms. The van der Waals surface area contributed by atoms with E-state index in [4.69, 9.17) is 9.47 Å². The summed E-state index contributed by atoms with van der Waals surface area (Å²) in [6, 6.07) is 9.46. The van der Waals surface area contributed by atoms with E-state index in [-0.39, 0.29) is 17.5 Å². The van der Waals surface area contributed by atoms with Crippen molar-refractivity contribution in [2.45, 2.75) is 4.90 Å². The van der Waals surface area contributed by atoms with Crippen molar-refractivity contribution in [3.05, 3.63) is 36.4 Å². The molecule has 1 aliphatic heterocycles. The van der Waals surface area contributed by atoms with Crippen LogP contribution in [0.5, 0.6) is 11.5 Å². The van der Waals surface area contributed by atoms with E-state index in [0.717, 1.165) is 6.26 Å². The molecule has 3 aromatic rings. The first-order valence-corrected chi connectivity index (χ1v) is 12.6. The largest absolute Gasteiger partial charge is 0.497 e. The van der Waals surface area contributed by atoms with Gasteiger partial charge in [0.2, 0.25) is 5.91 Å². The summed E-state index contributed by atoms with van der Waals surface area (Å²) in [5.41, 5.74) is 1.15. The smallest absolute Gasteiger partial charge is 0.325 e. The van der Waals surface area contributed by atoms with Gasteiger partial charge in [-0.15, -0.1) is 0 Å². The van der Waals surface area contributed by atoms with Gasteiger partial charge in [0.05, 0.1) is 35.0 Å². The number of carbonyl (C=O) groups is 2. The fourth-order valence-electron chi connectivity index (χ4n) is 3.48. The highest BCUT2D eigenvalue weighted by molar-refractivity contribution is 7.90. The summed E-state index contributed by atoms with van der Waals surface area (Å²) < 4.78 is 34.8. The lowest BCUT2D eigenvalue weighted by Crippen LogP contribution is -2.37. The Kier molecular flexibility index (Phi) is 6.13. The summed E-state index contributed by atoms with van der Waals surface area (Å²) in [6.45, 7) is 0.612. The van der Waals surface area contributed by atoms with Gasteiger partial charge in [-0.3, -0.25) is 9.69 Å². The van der Waals surface area contributed by atoms with Crippen LogP contribution in [0.1, 0.15) is 0 Å². The molecule has 0 aliphatic carbocycles. The third kappa shape index (κ3) is 4.71. The number of nitrogens with zero attached hydrogens (tertiary/aromatic N) is 3. The molecule has 0 spiro atoms. The number of sulfone groups is 1. The number of amides is 3. The van der Waals surface area contributed by atoms with E-state index >= 15 is 0 Å². The van der Waals surface area contributed by atoms with Gasteiger partial charge in [0.15, 0.2) is 15.0 Å². The Morgan fingerprint density at radius 1 is 1.15 bits per heavy atom. The third-order valence-corrected chi connectivity index (χ3v) is 7.18.